The minimum atomic E-state index is -4.78. The maximum Gasteiger partial charge on any atom is 0.573 e. The standard InChI is InChI=1S/C14H12ClF3N2O/c1-3-10-8(2)12(15)20-13(19-10)9-6-4-5-7-11(9)21-14(16,17)18/h4-7H,3H2,1-2H3. The molecule has 0 saturated heterocycles. The van der Waals surface area contributed by atoms with Crippen molar-refractivity contribution in [2.75, 3.05) is 0 Å². The molecule has 0 bridgehead atoms. The van der Waals surface area contributed by atoms with Crippen LogP contribution in [0, 0.1) is 6.92 Å². The number of aryl methyl sites for hydroxylation is 1. The van der Waals surface area contributed by atoms with E-state index < -0.39 is 6.36 Å². The number of hydrogen-bond acceptors (Lipinski definition) is 3. The fourth-order valence-corrected chi connectivity index (χ4v) is 2.05. The van der Waals surface area contributed by atoms with Gasteiger partial charge in [-0.25, -0.2) is 9.97 Å². The van der Waals surface area contributed by atoms with E-state index in [0.717, 1.165) is 5.56 Å². The number of aromatic nitrogens is 2. The van der Waals surface area contributed by atoms with Gasteiger partial charge in [-0.15, -0.1) is 13.2 Å². The molecule has 1 heterocycles. The molecule has 112 valence electrons. The van der Waals surface area contributed by atoms with E-state index in [2.05, 4.69) is 14.7 Å². The summed E-state index contributed by atoms with van der Waals surface area (Å²) in [6.07, 6.45) is -4.18. The first kappa shape index (κ1) is 15.6. The summed E-state index contributed by atoms with van der Waals surface area (Å²) in [5.41, 5.74) is 1.55. The second-order valence-electron chi connectivity index (χ2n) is 4.31. The van der Waals surface area contributed by atoms with E-state index >= 15 is 0 Å². The van der Waals surface area contributed by atoms with Gasteiger partial charge >= 0.3 is 6.36 Å². The van der Waals surface area contributed by atoms with Gasteiger partial charge in [-0.1, -0.05) is 30.7 Å². The predicted octanol–water partition coefficient (Wildman–Crippen LogP) is 4.57. The predicted molar refractivity (Wildman–Crippen MR) is 73.3 cm³/mol. The van der Waals surface area contributed by atoms with Gasteiger partial charge in [0.05, 0.1) is 5.56 Å². The highest BCUT2D eigenvalue weighted by Crippen LogP contribution is 2.33. The molecule has 0 aliphatic heterocycles. The van der Waals surface area contributed by atoms with Crippen LogP contribution in [0.3, 0.4) is 0 Å². The molecule has 0 aliphatic carbocycles. The highest BCUT2D eigenvalue weighted by atomic mass is 35.5. The van der Waals surface area contributed by atoms with E-state index in [-0.39, 0.29) is 22.3 Å². The molecule has 0 spiro atoms. The van der Waals surface area contributed by atoms with Crippen molar-refractivity contribution >= 4 is 11.6 Å². The number of benzene rings is 1. The Morgan fingerprint density at radius 3 is 2.48 bits per heavy atom. The normalized spacial score (nSPS) is 11.5. The lowest BCUT2D eigenvalue weighted by molar-refractivity contribution is -0.274. The molecule has 0 N–H and O–H groups in total. The smallest absolute Gasteiger partial charge is 0.405 e. The Morgan fingerprint density at radius 2 is 1.86 bits per heavy atom. The van der Waals surface area contributed by atoms with Crippen molar-refractivity contribution in [3.05, 3.63) is 40.7 Å². The zero-order valence-electron chi connectivity index (χ0n) is 11.3. The van der Waals surface area contributed by atoms with Crippen molar-refractivity contribution in [2.45, 2.75) is 26.6 Å². The van der Waals surface area contributed by atoms with Crippen molar-refractivity contribution in [2.24, 2.45) is 0 Å². The van der Waals surface area contributed by atoms with E-state index in [0.29, 0.717) is 12.1 Å². The third kappa shape index (κ3) is 3.64. The van der Waals surface area contributed by atoms with Crippen molar-refractivity contribution in [1.29, 1.82) is 0 Å². The topological polar surface area (TPSA) is 35.0 Å². The second-order valence-corrected chi connectivity index (χ2v) is 4.67. The molecule has 0 atom stereocenters. The van der Waals surface area contributed by atoms with Crippen LogP contribution in [-0.2, 0) is 6.42 Å². The maximum absolute atomic E-state index is 12.4. The molecule has 0 saturated carbocycles. The summed E-state index contributed by atoms with van der Waals surface area (Å²) in [6.45, 7) is 3.65. The zero-order valence-corrected chi connectivity index (χ0v) is 12.1. The summed E-state index contributed by atoms with van der Waals surface area (Å²) in [5, 5.41) is 0.221. The molecule has 0 fully saturated rings. The average Bonchev–Trinajstić information content (AvgIpc) is 2.40. The molecule has 2 rings (SSSR count). The van der Waals surface area contributed by atoms with Gasteiger partial charge in [0.15, 0.2) is 5.82 Å². The minimum absolute atomic E-state index is 0.113. The SMILES string of the molecule is CCc1nc(-c2ccccc2OC(F)(F)F)nc(Cl)c1C. The highest BCUT2D eigenvalue weighted by Gasteiger charge is 2.32. The molecule has 0 aliphatic rings. The average molecular weight is 317 g/mol. The molecular weight excluding hydrogens is 305 g/mol. The maximum atomic E-state index is 12.4. The minimum Gasteiger partial charge on any atom is -0.405 e. The van der Waals surface area contributed by atoms with Crippen LogP contribution < -0.4 is 4.74 Å². The largest absolute Gasteiger partial charge is 0.573 e. The number of ether oxygens (including phenoxy) is 1. The first-order chi connectivity index (χ1) is 9.81. The van der Waals surface area contributed by atoms with Crippen molar-refractivity contribution in [1.82, 2.24) is 9.97 Å². The number of hydrogen-bond donors (Lipinski definition) is 0. The molecule has 7 heteroatoms. The van der Waals surface area contributed by atoms with E-state index in [1.165, 1.54) is 18.2 Å². The molecule has 1 aromatic heterocycles. The monoisotopic (exact) mass is 316 g/mol. The van der Waals surface area contributed by atoms with E-state index in [9.17, 15) is 13.2 Å². The summed E-state index contributed by atoms with van der Waals surface area (Å²) in [5.74, 6) is -0.241. The van der Waals surface area contributed by atoms with E-state index in [4.69, 9.17) is 11.6 Å². The Bertz CT molecular complexity index is 659. The van der Waals surface area contributed by atoms with Gasteiger partial charge in [-0.2, -0.15) is 0 Å². The lowest BCUT2D eigenvalue weighted by atomic mass is 10.1. The van der Waals surface area contributed by atoms with Crippen LogP contribution in [0.4, 0.5) is 13.2 Å². The Kier molecular flexibility index (Phi) is 4.37. The first-order valence-corrected chi connectivity index (χ1v) is 6.57. The van der Waals surface area contributed by atoms with Gasteiger partial charge in [0.25, 0.3) is 0 Å². The third-order valence-corrected chi connectivity index (χ3v) is 3.24. The van der Waals surface area contributed by atoms with Crippen LogP contribution in [0.2, 0.25) is 5.15 Å². The van der Waals surface area contributed by atoms with Crippen molar-refractivity contribution in [3.8, 4) is 17.1 Å². The number of nitrogens with zero attached hydrogens (tertiary/aromatic N) is 2. The van der Waals surface area contributed by atoms with Gasteiger partial charge in [0, 0.05) is 11.3 Å². The first-order valence-electron chi connectivity index (χ1n) is 6.20. The van der Waals surface area contributed by atoms with Crippen LogP contribution in [0.5, 0.6) is 5.75 Å². The molecule has 0 radical (unpaired) electrons. The molecule has 2 aromatic rings. The summed E-state index contributed by atoms with van der Waals surface area (Å²) in [4.78, 5) is 8.32. The number of rotatable bonds is 3. The molecule has 0 amide bonds. The Morgan fingerprint density at radius 1 is 1.19 bits per heavy atom. The number of para-hydroxylation sites is 1. The van der Waals surface area contributed by atoms with Crippen molar-refractivity contribution in [3.63, 3.8) is 0 Å². The summed E-state index contributed by atoms with van der Waals surface area (Å²) in [7, 11) is 0. The Labute approximate surface area is 124 Å². The van der Waals surface area contributed by atoms with Crippen LogP contribution in [0.1, 0.15) is 18.2 Å². The van der Waals surface area contributed by atoms with Crippen LogP contribution in [0.25, 0.3) is 11.4 Å². The van der Waals surface area contributed by atoms with Gasteiger partial charge < -0.3 is 4.74 Å². The van der Waals surface area contributed by atoms with Gasteiger partial charge in [0.1, 0.15) is 10.9 Å². The zero-order chi connectivity index (χ0) is 15.6. The molecular formula is C14H12ClF3N2O. The molecule has 21 heavy (non-hydrogen) atoms. The highest BCUT2D eigenvalue weighted by molar-refractivity contribution is 6.30. The Balaban J connectivity index is 2.55. The van der Waals surface area contributed by atoms with Crippen molar-refractivity contribution < 1.29 is 17.9 Å². The summed E-state index contributed by atoms with van der Waals surface area (Å²) in [6, 6.07) is 5.70. The Hall–Kier alpha value is -1.82. The quantitative estimate of drug-likeness (QED) is 0.778. The van der Waals surface area contributed by atoms with Crippen LogP contribution in [-0.4, -0.2) is 16.3 Å². The lowest BCUT2D eigenvalue weighted by Crippen LogP contribution is -2.17. The fourth-order valence-electron chi connectivity index (χ4n) is 1.86. The molecule has 0 unspecified atom stereocenters. The molecule has 1 aromatic carbocycles. The number of alkyl halides is 3. The fraction of sp³-hybridized carbons (Fsp3) is 0.286. The van der Waals surface area contributed by atoms with E-state index in [1.54, 1.807) is 13.0 Å². The van der Waals surface area contributed by atoms with Crippen LogP contribution >= 0.6 is 11.6 Å². The van der Waals surface area contributed by atoms with Gasteiger partial charge in [0.2, 0.25) is 0 Å². The molecule has 3 nitrogen and oxygen atoms in total. The van der Waals surface area contributed by atoms with Gasteiger partial charge in [-0.05, 0) is 25.5 Å². The van der Waals surface area contributed by atoms with Crippen LogP contribution in [0.15, 0.2) is 24.3 Å². The summed E-state index contributed by atoms with van der Waals surface area (Å²) < 4.78 is 41.3. The summed E-state index contributed by atoms with van der Waals surface area (Å²) >= 11 is 6.02. The lowest BCUT2D eigenvalue weighted by Gasteiger charge is -2.13. The van der Waals surface area contributed by atoms with E-state index in [1.807, 2.05) is 6.92 Å². The van der Waals surface area contributed by atoms with Gasteiger partial charge in [-0.3, -0.25) is 0 Å². The third-order valence-electron chi connectivity index (χ3n) is 2.88. The second kappa shape index (κ2) is 5.89. The number of halogens is 4.